The number of allylic oxidation sites excluding steroid dienone is 1. The number of nitrogens with one attached hydrogen (secondary N) is 1. The maximum atomic E-state index is 14.9. The van der Waals surface area contributed by atoms with Gasteiger partial charge in [0.15, 0.2) is 0 Å². The number of halogens is 2. The molecule has 0 spiro atoms. The number of hydrogen-bond acceptors (Lipinski definition) is 2. The zero-order chi connectivity index (χ0) is 23.9. The Kier molecular flexibility index (Phi) is 7.10. The number of alkyl halides is 1. The molecule has 4 aliphatic rings. The summed E-state index contributed by atoms with van der Waals surface area (Å²) in [6, 6.07) is 6.87. The van der Waals surface area contributed by atoms with E-state index in [-0.39, 0.29) is 11.2 Å². The number of rotatable bonds is 7. The Morgan fingerprint density at radius 2 is 1.76 bits per heavy atom. The summed E-state index contributed by atoms with van der Waals surface area (Å²) < 4.78 is 32.0. The predicted molar refractivity (Wildman–Crippen MR) is 138 cm³/mol. The van der Waals surface area contributed by atoms with Gasteiger partial charge in [-0.1, -0.05) is 32.6 Å². The molecule has 4 aliphatic carbocycles. The van der Waals surface area contributed by atoms with Crippen molar-refractivity contribution in [2.45, 2.75) is 102 Å². The van der Waals surface area contributed by atoms with E-state index in [1.54, 1.807) is 12.1 Å². The predicted octanol–water partition coefficient (Wildman–Crippen LogP) is 9.10. The third-order valence-electron chi connectivity index (χ3n) is 10.9. The van der Waals surface area contributed by atoms with E-state index < -0.39 is 6.17 Å². The molecule has 0 radical (unpaired) electrons. The summed E-state index contributed by atoms with van der Waals surface area (Å²) in [5.74, 6) is 3.35. The van der Waals surface area contributed by atoms with Crippen molar-refractivity contribution in [1.82, 2.24) is 4.72 Å². The minimum atomic E-state index is -0.553. The van der Waals surface area contributed by atoms with Crippen molar-refractivity contribution in [2.24, 2.45) is 40.4 Å². The van der Waals surface area contributed by atoms with Gasteiger partial charge in [-0.3, -0.25) is 0 Å². The molecular weight excluding hydrogens is 444 g/mol. The van der Waals surface area contributed by atoms with Gasteiger partial charge in [0, 0.05) is 5.70 Å². The van der Waals surface area contributed by atoms with Crippen molar-refractivity contribution >= 4 is 11.9 Å². The third kappa shape index (κ3) is 4.35. The average molecular weight is 488 g/mol. The molecule has 8 atom stereocenters. The Bertz CT molecular complexity index is 888. The van der Waals surface area contributed by atoms with Crippen molar-refractivity contribution < 1.29 is 8.78 Å². The molecule has 188 valence electrons. The summed E-state index contributed by atoms with van der Waals surface area (Å²) in [4.78, 5) is 0.618. The molecule has 0 saturated heterocycles. The quantitative estimate of drug-likeness (QED) is 0.385. The highest BCUT2D eigenvalue weighted by Crippen LogP contribution is 2.68. The minimum absolute atomic E-state index is 0.188. The summed E-state index contributed by atoms with van der Waals surface area (Å²) in [5.41, 5.74) is 1.70. The summed E-state index contributed by atoms with van der Waals surface area (Å²) in [6.45, 7) is 9.25. The van der Waals surface area contributed by atoms with Crippen molar-refractivity contribution in [1.29, 1.82) is 0 Å². The highest BCUT2D eigenvalue weighted by Gasteiger charge is 2.60. The van der Waals surface area contributed by atoms with Gasteiger partial charge in [0.05, 0.1) is 4.90 Å². The maximum absolute atomic E-state index is 14.9. The van der Waals surface area contributed by atoms with E-state index in [2.05, 4.69) is 25.1 Å². The van der Waals surface area contributed by atoms with Crippen molar-refractivity contribution in [2.75, 3.05) is 0 Å². The lowest BCUT2D eigenvalue weighted by Crippen LogP contribution is -2.54. The van der Waals surface area contributed by atoms with Crippen LogP contribution in [0.15, 0.2) is 41.4 Å². The minimum Gasteiger partial charge on any atom is -0.330 e. The lowest BCUT2D eigenvalue weighted by atomic mass is 9.44. The van der Waals surface area contributed by atoms with Crippen molar-refractivity contribution in [3.05, 3.63) is 42.4 Å². The molecule has 1 N–H and O–H groups in total. The van der Waals surface area contributed by atoms with Gasteiger partial charge in [0.25, 0.3) is 0 Å². The number of benzene rings is 1. The number of fused-ring (bicyclic) bond motifs is 5. The van der Waals surface area contributed by atoms with Crippen LogP contribution in [0.5, 0.6) is 0 Å². The van der Waals surface area contributed by atoms with Crippen LogP contribution < -0.4 is 4.72 Å². The normalized spacial score (nSPS) is 41.3. The molecule has 0 amide bonds. The molecule has 34 heavy (non-hydrogen) atoms. The zero-order valence-corrected chi connectivity index (χ0v) is 21.9. The summed E-state index contributed by atoms with van der Waals surface area (Å²) in [5, 5.41) is 0. The van der Waals surface area contributed by atoms with Crippen LogP contribution in [0.4, 0.5) is 8.78 Å². The van der Waals surface area contributed by atoms with Gasteiger partial charge in [0.1, 0.15) is 12.0 Å². The van der Waals surface area contributed by atoms with E-state index in [1.165, 1.54) is 63.0 Å². The van der Waals surface area contributed by atoms with Crippen LogP contribution in [0, 0.1) is 46.2 Å². The Labute approximate surface area is 210 Å². The second-order valence-electron chi connectivity index (χ2n) is 12.4. The second kappa shape index (κ2) is 9.79. The summed E-state index contributed by atoms with van der Waals surface area (Å²) in [7, 11) is 0. The molecule has 0 bridgehead atoms. The largest absolute Gasteiger partial charge is 0.330 e. The van der Waals surface area contributed by atoms with Gasteiger partial charge >= 0.3 is 0 Å². The van der Waals surface area contributed by atoms with Crippen LogP contribution in [-0.2, 0) is 0 Å². The molecule has 0 aliphatic heterocycles. The number of hydrogen-bond donors (Lipinski definition) is 1. The molecular formula is C30H43F2NS. The van der Waals surface area contributed by atoms with Gasteiger partial charge in [-0.2, -0.15) is 0 Å². The van der Waals surface area contributed by atoms with Crippen molar-refractivity contribution in [3.8, 4) is 0 Å². The first kappa shape index (κ1) is 24.7. The van der Waals surface area contributed by atoms with E-state index in [9.17, 15) is 8.78 Å². The standard InChI is InChI=1S/C30H43F2NS/c1-20(33-34-28-12-5-4-10-27(28)32)8-6-9-21-13-15-23-22-14-16-25-26(31)11-7-18-30(25,3)24(22)17-19-29(21,23)2/h4-5,10,12,21-26,33H,1,6-9,11,13-19H2,2-3H3. The Hall–Kier alpha value is -1.03. The molecule has 0 heterocycles. The van der Waals surface area contributed by atoms with Crippen molar-refractivity contribution in [3.63, 3.8) is 0 Å². The lowest BCUT2D eigenvalue weighted by molar-refractivity contribution is -0.130. The van der Waals surface area contributed by atoms with E-state index in [0.29, 0.717) is 16.2 Å². The fourth-order valence-corrected chi connectivity index (χ4v) is 9.85. The SMILES string of the molecule is C=C(CCCC1CCC2C3CCC4C(F)CCCC4(C)C3CCC12C)NSc1ccccc1F. The van der Waals surface area contributed by atoms with Gasteiger partial charge in [-0.25, -0.2) is 8.78 Å². The Morgan fingerprint density at radius 3 is 2.59 bits per heavy atom. The molecule has 0 aromatic heterocycles. The van der Waals surface area contributed by atoms with E-state index in [0.717, 1.165) is 61.5 Å². The van der Waals surface area contributed by atoms with Crippen LogP contribution in [0.3, 0.4) is 0 Å². The van der Waals surface area contributed by atoms with E-state index in [4.69, 9.17) is 0 Å². The van der Waals surface area contributed by atoms with Gasteiger partial charge in [-0.15, -0.1) is 0 Å². The molecule has 4 fully saturated rings. The van der Waals surface area contributed by atoms with Gasteiger partial charge < -0.3 is 4.72 Å². The molecule has 4 saturated carbocycles. The highest BCUT2D eigenvalue weighted by molar-refractivity contribution is 7.97. The first-order valence-corrected chi connectivity index (χ1v) is 14.6. The second-order valence-corrected chi connectivity index (χ2v) is 13.3. The smallest absolute Gasteiger partial charge is 0.138 e. The van der Waals surface area contributed by atoms with Crippen LogP contribution in [0.2, 0.25) is 0 Å². The molecule has 1 nitrogen and oxygen atoms in total. The van der Waals surface area contributed by atoms with Crippen LogP contribution in [-0.4, -0.2) is 6.17 Å². The first-order valence-electron chi connectivity index (χ1n) is 13.8. The van der Waals surface area contributed by atoms with Gasteiger partial charge in [-0.05, 0) is 142 Å². The molecule has 8 unspecified atom stereocenters. The summed E-state index contributed by atoms with van der Waals surface area (Å²) in [6.07, 6.45) is 13.8. The third-order valence-corrected chi connectivity index (χ3v) is 11.9. The van der Waals surface area contributed by atoms with Gasteiger partial charge in [0.2, 0.25) is 0 Å². The molecule has 4 heteroatoms. The summed E-state index contributed by atoms with van der Waals surface area (Å²) >= 11 is 1.33. The van der Waals surface area contributed by atoms with E-state index >= 15 is 0 Å². The fraction of sp³-hybridized carbons (Fsp3) is 0.733. The average Bonchev–Trinajstić information content (AvgIpc) is 3.15. The van der Waals surface area contributed by atoms with Crippen LogP contribution in [0.25, 0.3) is 0 Å². The van der Waals surface area contributed by atoms with E-state index in [1.807, 2.05) is 6.07 Å². The van der Waals surface area contributed by atoms with Crippen LogP contribution >= 0.6 is 11.9 Å². The maximum Gasteiger partial charge on any atom is 0.138 e. The zero-order valence-electron chi connectivity index (χ0n) is 21.1. The molecule has 5 rings (SSSR count). The monoisotopic (exact) mass is 487 g/mol. The highest BCUT2D eigenvalue weighted by atomic mass is 32.2. The Balaban J connectivity index is 1.15. The fourth-order valence-electron chi connectivity index (χ4n) is 9.18. The molecule has 1 aromatic rings. The van der Waals surface area contributed by atoms with Crippen LogP contribution in [0.1, 0.15) is 90.9 Å². The Morgan fingerprint density at radius 1 is 1.00 bits per heavy atom. The first-order chi connectivity index (χ1) is 16.3. The molecule has 1 aromatic carbocycles. The topological polar surface area (TPSA) is 12.0 Å². The lowest BCUT2D eigenvalue weighted by Gasteiger charge is -2.61.